The number of rotatable bonds is 1. The first kappa shape index (κ1) is 12.5. The molecule has 2 heterocycles. The van der Waals surface area contributed by atoms with Crippen LogP contribution in [0.4, 0.5) is 5.69 Å². The Morgan fingerprint density at radius 1 is 1.25 bits per heavy atom. The molecule has 0 atom stereocenters. The van der Waals surface area contributed by atoms with E-state index >= 15 is 0 Å². The third kappa shape index (κ3) is 1.81. The Kier molecular flexibility index (Phi) is 2.68. The summed E-state index contributed by atoms with van der Waals surface area (Å²) in [7, 11) is 1.90. The van der Waals surface area contributed by atoms with Crippen LogP contribution in [0, 0.1) is 10.1 Å². The number of aromatic nitrogens is 2. The van der Waals surface area contributed by atoms with Gasteiger partial charge in [0.2, 0.25) is 0 Å². The summed E-state index contributed by atoms with van der Waals surface area (Å²) in [5.74, 6) is 0. The predicted octanol–water partition coefficient (Wildman–Crippen LogP) is 0.112. The van der Waals surface area contributed by atoms with E-state index in [1.807, 2.05) is 11.9 Å². The Bertz CT molecular complexity index is 836. The molecule has 2 N–H and O–H groups in total. The van der Waals surface area contributed by atoms with Gasteiger partial charge in [-0.25, -0.2) is 0 Å². The van der Waals surface area contributed by atoms with Crippen molar-refractivity contribution in [3.63, 3.8) is 0 Å². The van der Waals surface area contributed by atoms with Crippen molar-refractivity contribution in [1.82, 2.24) is 14.9 Å². The zero-order valence-electron chi connectivity index (χ0n) is 10.7. The van der Waals surface area contributed by atoms with E-state index < -0.39 is 16.0 Å². The average molecular weight is 276 g/mol. The second kappa shape index (κ2) is 4.27. The molecule has 0 radical (unpaired) electrons. The maximum absolute atomic E-state index is 11.5. The number of likely N-dealkylation sites (N-methyl/N-ethyl adjacent to an activating group) is 1. The topological polar surface area (TPSA) is 112 Å². The van der Waals surface area contributed by atoms with Crippen molar-refractivity contribution in [2.24, 2.45) is 0 Å². The first-order valence-corrected chi connectivity index (χ1v) is 6.11. The summed E-state index contributed by atoms with van der Waals surface area (Å²) in [6.07, 6.45) is 0.541. The molecule has 104 valence electrons. The molecule has 3 rings (SSSR count). The average Bonchev–Trinajstić information content (AvgIpc) is 2.39. The molecule has 0 spiro atoms. The zero-order chi connectivity index (χ0) is 14.4. The lowest BCUT2D eigenvalue weighted by Gasteiger charge is -2.25. The minimum absolute atomic E-state index is 0.0108. The van der Waals surface area contributed by atoms with Gasteiger partial charge in [-0.15, -0.1) is 0 Å². The van der Waals surface area contributed by atoms with Crippen LogP contribution >= 0.6 is 0 Å². The highest BCUT2D eigenvalue weighted by Crippen LogP contribution is 2.32. The molecular weight excluding hydrogens is 264 g/mol. The van der Waals surface area contributed by atoms with Crippen LogP contribution in [0.3, 0.4) is 0 Å². The SMILES string of the molecule is CN1CCc2c([N+](=O)[O-])cc3[nH]c(=O)c(=O)[nH]c3c2C1. The van der Waals surface area contributed by atoms with E-state index in [1.165, 1.54) is 6.07 Å². The van der Waals surface area contributed by atoms with Crippen LogP contribution in [0.25, 0.3) is 11.0 Å². The number of benzene rings is 1. The second-order valence-electron chi connectivity index (χ2n) is 4.93. The first-order chi connectivity index (χ1) is 9.47. The van der Waals surface area contributed by atoms with Crippen LogP contribution in [0.2, 0.25) is 0 Å². The standard InChI is InChI=1S/C12H12N4O4/c1-15-3-2-6-7(5-15)10-8(4-9(6)16(19)20)13-11(17)12(18)14-10/h4H,2-3,5H2,1H3,(H,13,17)(H,14,18). The Morgan fingerprint density at radius 3 is 2.65 bits per heavy atom. The smallest absolute Gasteiger partial charge is 0.314 e. The van der Waals surface area contributed by atoms with E-state index in [0.29, 0.717) is 36.2 Å². The lowest BCUT2D eigenvalue weighted by molar-refractivity contribution is -0.385. The molecule has 0 aliphatic carbocycles. The third-order valence-corrected chi connectivity index (χ3v) is 3.59. The fraction of sp³-hybridized carbons (Fsp3) is 0.333. The molecule has 2 aromatic rings. The molecule has 0 saturated carbocycles. The molecule has 0 amide bonds. The number of hydrogen-bond acceptors (Lipinski definition) is 5. The molecule has 1 aliphatic rings. The van der Waals surface area contributed by atoms with Crippen LogP contribution in [0.1, 0.15) is 11.1 Å². The second-order valence-corrected chi connectivity index (χ2v) is 4.93. The van der Waals surface area contributed by atoms with Gasteiger partial charge in [-0.05, 0) is 13.5 Å². The molecule has 0 bridgehead atoms. The minimum Gasteiger partial charge on any atom is -0.316 e. The number of aromatic amines is 2. The molecule has 1 aromatic heterocycles. The number of fused-ring (bicyclic) bond motifs is 3. The van der Waals surface area contributed by atoms with Gasteiger partial charge in [-0.2, -0.15) is 0 Å². The number of nitro benzene ring substituents is 1. The van der Waals surface area contributed by atoms with Crippen molar-refractivity contribution in [2.45, 2.75) is 13.0 Å². The Labute approximate surface area is 112 Å². The number of H-pyrrole nitrogens is 2. The van der Waals surface area contributed by atoms with Crippen LogP contribution in [0.5, 0.6) is 0 Å². The van der Waals surface area contributed by atoms with Crippen molar-refractivity contribution in [2.75, 3.05) is 13.6 Å². The largest absolute Gasteiger partial charge is 0.316 e. The summed E-state index contributed by atoms with van der Waals surface area (Å²) in [5.41, 5.74) is 0.526. The molecule has 1 aliphatic heterocycles. The molecule has 1 aromatic carbocycles. The summed E-state index contributed by atoms with van der Waals surface area (Å²) in [6, 6.07) is 1.32. The van der Waals surface area contributed by atoms with Crippen molar-refractivity contribution in [3.8, 4) is 0 Å². The van der Waals surface area contributed by atoms with Gasteiger partial charge in [0.05, 0.1) is 16.0 Å². The fourth-order valence-corrected chi connectivity index (χ4v) is 2.62. The highest BCUT2D eigenvalue weighted by atomic mass is 16.6. The van der Waals surface area contributed by atoms with Gasteiger partial charge in [0.15, 0.2) is 0 Å². The lowest BCUT2D eigenvalue weighted by Crippen LogP contribution is -2.32. The van der Waals surface area contributed by atoms with Gasteiger partial charge >= 0.3 is 11.1 Å². The van der Waals surface area contributed by atoms with E-state index in [2.05, 4.69) is 9.97 Å². The van der Waals surface area contributed by atoms with Gasteiger partial charge in [0.1, 0.15) is 0 Å². The number of nitrogens with zero attached hydrogens (tertiary/aromatic N) is 2. The summed E-state index contributed by atoms with van der Waals surface area (Å²) < 4.78 is 0. The summed E-state index contributed by atoms with van der Waals surface area (Å²) in [5, 5.41) is 11.2. The van der Waals surface area contributed by atoms with Crippen LogP contribution in [-0.2, 0) is 13.0 Å². The summed E-state index contributed by atoms with van der Waals surface area (Å²) in [4.78, 5) is 40.5. The van der Waals surface area contributed by atoms with Crippen LogP contribution in [0.15, 0.2) is 15.7 Å². The maximum Gasteiger partial charge on any atom is 0.314 e. The minimum atomic E-state index is -0.809. The quantitative estimate of drug-likeness (QED) is 0.436. The zero-order valence-corrected chi connectivity index (χ0v) is 10.7. The number of hydrogen-bond donors (Lipinski definition) is 2. The number of nitrogens with one attached hydrogen (secondary N) is 2. The van der Waals surface area contributed by atoms with Crippen molar-refractivity contribution in [1.29, 1.82) is 0 Å². The summed E-state index contributed by atoms with van der Waals surface area (Å²) in [6.45, 7) is 1.21. The van der Waals surface area contributed by atoms with E-state index in [9.17, 15) is 19.7 Å². The molecule has 0 unspecified atom stereocenters. The van der Waals surface area contributed by atoms with E-state index in [4.69, 9.17) is 0 Å². The monoisotopic (exact) mass is 276 g/mol. The Balaban J connectivity index is 2.44. The highest BCUT2D eigenvalue weighted by Gasteiger charge is 2.26. The van der Waals surface area contributed by atoms with Crippen molar-refractivity contribution in [3.05, 3.63) is 48.0 Å². The van der Waals surface area contributed by atoms with Crippen LogP contribution < -0.4 is 11.1 Å². The Morgan fingerprint density at radius 2 is 1.95 bits per heavy atom. The summed E-state index contributed by atoms with van der Waals surface area (Å²) >= 11 is 0. The molecule has 0 fully saturated rings. The fourth-order valence-electron chi connectivity index (χ4n) is 2.62. The van der Waals surface area contributed by atoms with Crippen molar-refractivity contribution < 1.29 is 4.92 Å². The van der Waals surface area contributed by atoms with Gasteiger partial charge in [0.25, 0.3) is 5.69 Å². The molecule has 0 saturated heterocycles. The van der Waals surface area contributed by atoms with Gasteiger partial charge in [-0.1, -0.05) is 0 Å². The molecule has 20 heavy (non-hydrogen) atoms. The maximum atomic E-state index is 11.5. The van der Waals surface area contributed by atoms with E-state index in [0.717, 1.165) is 0 Å². The molecular formula is C12H12N4O4. The molecule has 8 heteroatoms. The predicted molar refractivity (Wildman–Crippen MR) is 71.9 cm³/mol. The normalized spacial score (nSPS) is 15.2. The third-order valence-electron chi connectivity index (χ3n) is 3.59. The van der Waals surface area contributed by atoms with E-state index in [-0.39, 0.29) is 11.2 Å². The Hall–Kier alpha value is -2.48. The molecule has 8 nitrogen and oxygen atoms in total. The first-order valence-electron chi connectivity index (χ1n) is 6.11. The van der Waals surface area contributed by atoms with Crippen LogP contribution in [-0.4, -0.2) is 33.4 Å². The lowest BCUT2D eigenvalue weighted by atomic mass is 9.96. The van der Waals surface area contributed by atoms with Gasteiger partial charge in [0, 0.05) is 30.3 Å². The van der Waals surface area contributed by atoms with E-state index in [1.54, 1.807) is 0 Å². The highest BCUT2D eigenvalue weighted by molar-refractivity contribution is 5.83. The van der Waals surface area contributed by atoms with Gasteiger partial charge < -0.3 is 14.9 Å². The van der Waals surface area contributed by atoms with Crippen molar-refractivity contribution >= 4 is 16.7 Å². The van der Waals surface area contributed by atoms with Gasteiger partial charge in [-0.3, -0.25) is 19.7 Å². The number of nitro groups is 1.